The van der Waals surface area contributed by atoms with Crippen LogP contribution in [0.25, 0.3) is 10.4 Å². The first kappa shape index (κ1) is 13.7. The number of nitrogens with zero attached hydrogens (tertiary/aromatic N) is 3. The van der Waals surface area contributed by atoms with Crippen molar-refractivity contribution < 1.29 is 9.53 Å². The molecule has 0 unspecified atom stereocenters. The quantitative estimate of drug-likeness (QED) is 0.221. The van der Waals surface area contributed by atoms with E-state index in [1.807, 2.05) is 0 Å². The number of halogens is 1. The van der Waals surface area contributed by atoms with Crippen molar-refractivity contribution in [3.63, 3.8) is 0 Å². The Kier molecular flexibility index (Phi) is 4.88. The first-order valence-corrected chi connectivity index (χ1v) is 5.15. The van der Waals surface area contributed by atoms with Crippen LogP contribution in [0.1, 0.15) is 15.9 Å². The monoisotopic (exact) mass is 264 g/mol. The number of nitrogens with two attached hydrogens (primary N) is 1. The fraction of sp³-hybridized carbons (Fsp3) is 0.182. The summed E-state index contributed by atoms with van der Waals surface area (Å²) in [5, 5.41) is 3.57. The van der Waals surface area contributed by atoms with E-state index in [4.69, 9.17) is 22.9 Å². The second-order valence-corrected chi connectivity index (χ2v) is 3.51. The molecule has 2 N–H and O–H groups in total. The lowest BCUT2D eigenvalue weighted by molar-refractivity contribution is 0.0602. The number of benzene rings is 1. The van der Waals surface area contributed by atoms with Crippen LogP contribution < -0.4 is 5.73 Å². The molecule has 0 saturated carbocycles. The van der Waals surface area contributed by atoms with Crippen molar-refractivity contribution >= 4 is 23.3 Å². The van der Waals surface area contributed by atoms with Gasteiger partial charge in [-0.1, -0.05) is 28.6 Å². The van der Waals surface area contributed by atoms with Crippen molar-refractivity contribution in [2.24, 2.45) is 5.11 Å². The molecule has 7 heteroatoms. The van der Waals surface area contributed by atoms with Gasteiger partial charge >= 0.3 is 5.97 Å². The van der Waals surface area contributed by atoms with Gasteiger partial charge in [-0.2, -0.15) is 0 Å². The van der Waals surface area contributed by atoms with E-state index in [0.29, 0.717) is 10.6 Å². The highest BCUT2D eigenvalue weighted by atomic mass is 35.5. The number of anilines is 1. The van der Waals surface area contributed by atoms with Gasteiger partial charge in [-0.25, -0.2) is 4.79 Å². The van der Waals surface area contributed by atoms with Crippen molar-refractivity contribution in [3.05, 3.63) is 38.7 Å². The third kappa shape index (κ3) is 3.32. The SMILES string of the molecule is COC(=O)c1cc(C#CCN=[N+]=[N-])c(Cl)cc1N. The maximum atomic E-state index is 11.4. The van der Waals surface area contributed by atoms with Gasteiger partial charge in [0.2, 0.25) is 0 Å². The number of ether oxygens (including phenoxy) is 1. The molecule has 0 bridgehead atoms. The summed E-state index contributed by atoms with van der Waals surface area (Å²) in [5.74, 6) is 4.72. The van der Waals surface area contributed by atoms with Crippen molar-refractivity contribution in [2.45, 2.75) is 0 Å². The van der Waals surface area contributed by atoms with Crippen LogP contribution in [0.15, 0.2) is 17.2 Å². The summed E-state index contributed by atoms with van der Waals surface area (Å²) in [6, 6.07) is 2.86. The van der Waals surface area contributed by atoms with Gasteiger partial charge in [0.1, 0.15) is 0 Å². The molecule has 1 aromatic rings. The third-order valence-corrected chi connectivity index (χ3v) is 2.29. The molecule has 18 heavy (non-hydrogen) atoms. The van der Waals surface area contributed by atoms with Crippen LogP contribution in [-0.2, 0) is 4.74 Å². The standard InChI is InChI=1S/C11H9ClN4O2/c1-18-11(17)8-5-7(3-2-4-15-16-14)9(12)6-10(8)13/h5-6H,4,13H2,1H3. The maximum Gasteiger partial charge on any atom is 0.340 e. The molecule has 0 saturated heterocycles. The van der Waals surface area contributed by atoms with E-state index in [1.54, 1.807) is 0 Å². The van der Waals surface area contributed by atoms with Crippen LogP contribution in [-0.4, -0.2) is 19.6 Å². The molecule has 0 radical (unpaired) electrons. The summed E-state index contributed by atoms with van der Waals surface area (Å²) in [6.07, 6.45) is 0. The van der Waals surface area contributed by atoms with Crippen LogP contribution >= 0.6 is 11.6 Å². The average molecular weight is 265 g/mol. The number of nitrogen functional groups attached to an aromatic ring is 1. The Morgan fingerprint density at radius 1 is 1.67 bits per heavy atom. The number of carbonyl (C=O) groups excluding carboxylic acids is 1. The lowest BCUT2D eigenvalue weighted by atomic mass is 10.1. The Bertz CT molecular complexity index is 583. The van der Waals surface area contributed by atoms with Gasteiger partial charge in [0.05, 0.1) is 24.2 Å². The summed E-state index contributed by atoms with van der Waals surface area (Å²) in [4.78, 5) is 14.0. The molecule has 0 amide bonds. The van der Waals surface area contributed by atoms with E-state index >= 15 is 0 Å². The summed E-state index contributed by atoms with van der Waals surface area (Å²) >= 11 is 5.92. The fourth-order valence-corrected chi connectivity index (χ4v) is 1.39. The number of hydrogen-bond acceptors (Lipinski definition) is 4. The second kappa shape index (κ2) is 6.40. The molecular formula is C11H9ClN4O2. The minimum absolute atomic E-state index is 0.0186. The Morgan fingerprint density at radius 2 is 2.39 bits per heavy atom. The molecule has 0 atom stereocenters. The van der Waals surface area contributed by atoms with Gasteiger partial charge in [-0.05, 0) is 17.7 Å². The van der Waals surface area contributed by atoms with E-state index in [1.165, 1.54) is 19.2 Å². The summed E-state index contributed by atoms with van der Waals surface area (Å²) < 4.78 is 4.58. The molecule has 0 heterocycles. The molecule has 92 valence electrons. The highest BCUT2D eigenvalue weighted by Gasteiger charge is 2.12. The molecule has 6 nitrogen and oxygen atoms in total. The van der Waals surface area contributed by atoms with E-state index in [9.17, 15) is 4.79 Å². The first-order valence-electron chi connectivity index (χ1n) is 4.77. The number of methoxy groups -OCH3 is 1. The Balaban J connectivity index is 3.15. The predicted molar refractivity (Wildman–Crippen MR) is 68.1 cm³/mol. The van der Waals surface area contributed by atoms with Gasteiger partial charge in [0.25, 0.3) is 0 Å². The van der Waals surface area contributed by atoms with Crippen LogP contribution in [0, 0.1) is 11.8 Å². The zero-order valence-corrected chi connectivity index (χ0v) is 10.2. The van der Waals surface area contributed by atoms with E-state index < -0.39 is 5.97 Å². The number of esters is 1. The molecule has 0 spiro atoms. The number of azide groups is 1. The largest absolute Gasteiger partial charge is 0.465 e. The second-order valence-electron chi connectivity index (χ2n) is 3.10. The molecule has 0 aliphatic carbocycles. The highest BCUT2D eigenvalue weighted by Crippen LogP contribution is 2.23. The van der Waals surface area contributed by atoms with Gasteiger partial charge in [0.15, 0.2) is 0 Å². The molecule has 1 rings (SSSR count). The van der Waals surface area contributed by atoms with Crippen molar-refractivity contribution in [3.8, 4) is 11.8 Å². The topological polar surface area (TPSA) is 101 Å². The van der Waals surface area contributed by atoms with Gasteiger partial charge in [0, 0.05) is 16.2 Å². The Hall–Kier alpha value is -2.35. The van der Waals surface area contributed by atoms with Gasteiger partial charge < -0.3 is 10.5 Å². The van der Waals surface area contributed by atoms with Crippen LogP contribution in [0.5, 0.6) is 0 Å². The predicted octanol–water partition coefficient (Wildman–Crippen LogP) is 2.37. The van der Waals surface area contributed by atoms with Gasteiger partial charge in [-0.15, -0.1) is 0 Å². The summed E-state index contributed by atoms with van der Waals surface area (Å²) in [7, 11) is 1.25. The zero-order valence-electron chi connectivity index (χ0n) is 9.48. The molecule has 0 aromatic heterocycles. The smallest absolute Gasteiger partial charge is 0.340 e. The van der Waals surface area contributed by atoms with Crippen molar-refractivity contribution in [1.29, 1.82) is 0 Å². The van der Waals surface area contributed by atoms with Gasteiger partial charge in [-0.3, -0.25) is 0 Å². The highest BCUT2D eigenvalue weighted by molar-refractivity contribution is 6.32. The summed E-state index contributed by atoms with van der Waals surface area (Å²) in [6.45, 7) is 0.0186. The lowest BCUT2D eigenvalue weighted by Gasteiger charge is -2.05. The molecular weight excluding hydrogens is 256 g/mol. The minimum atomic E-state index is -0.567. The van der Waals surface area contributed by atoms with Crippen molar-refractivity contribution in [2.75, 3.05) is 19.4 Å². The molecule has 1 aromatic carbocycles. The first-order chi connectivity index (χ1) is 8.60. The van der Waals surface area contributed by atoms with E-state index in [-0.39, 0.29) is 17.8 Å². The Morgan fingerprint density at radius 3 is 3.00 bits per heavy atom. The number of rotatable bonds is 2. The van der Waals surface area contributed by atoms with E-state index in [0.717, 1.165) is 0 Å². The zero-order chi connectivity index (χ0) is 13.5. The number of carbonyl (C=O) groups is 1. The molecule has 0 aliphatic heterocycles. The Labute approximate surface area is 108 Å². The molecule has 0 fully saturated rings. The van der Waals surface area contributed by atoms with Crippen molar-refractivity contribution in [1.82, 2.24) is 0 Å². The average Bonchev–Trinajstić information content (AvgIpc) is 2.36. The fourth-order valence-electron chi connectivity index (χ4n) is 1.17. The van der Waals surface area contributed by atoms with E-state index in [2.05, 4.69) is 26.6 Å². The van der Waals surface area contributed by atoms with Crippen LogP contribution in [0.3, 0.4) is 0 Å². The normalized spacial score (nSPS) is 8.78. The summed E-state index contributed by atoms with van der Waals surface area (Å²) in [5.41, 5.74) is 14.6. The lowest BCUT2D eigenvalue weighted by Crippen LogP contribution is -2.06. The number of hydrogen-bond donors (Lipinski definition) is 1. The van der Waals surface area contributed by atoms with Crippen LogP contribution in [0.2, 0.25) is 5.02 Å². The maximum absolute atomic E-state index is 11.4. The third-order valence-electron chi connectivity index (χ3n) is 1.98. The molecule has 0 aliphatic rings. The minimum Gasteiger partial charge on any atom is -0.465 e. The van der Waals surface area contributed by atoms with Crippen LogP contribution in [0.4, 0.5) is 5.69 Å².